The van der Waals surface area contributed by atoms with Crippen LogP contribution in [-0.2, 0) is 4.79 Å². The summed E-state index contributed by atoms with van der Waals surface area (Å²) in [4.78, 5) is 15.0. The Kier molecular flexibility index (Phi) is 6.72. The minimum atomic E-state index is -0.0150. The first-order valence-electron chi connectivity index (χ1n) is 8.44. The van der Waals surface area contributed by atoms with Gasteiger partial charge in [-0.1, -0.05) is 18.2 Å². The molecule has 1 unspecified atom stereocenters. The monoisotopic (exact) mass is 338 g/mol. The maximum atomic E-state index is 12.9. The number of carbonyl (C=O) groups is 1. The number of likely N-dealkylation sites (tertiary alicyclic amines) is 1. The summed E-state index contributed by atoms with van der Waals surface area (Å²) in [5.41, 5.74) is 1.07. The summed E-state index contributed by atoms with van der Waals surface area (Å²) < 4.78 is 5.67. The smallest absolute Gasteiger partial charge is 0.230 e. The average Bonchev–Trinajstić information content (AvgIpc) is 2.59. The molecule has 0 aromatic heterocycles. The zero-order valence-electron chi connectivity index (χ0n) is 13.8. The van der Waals surface area contributed by atoms with Crippen LogP contribution in [-0.4, -0.2) is 44.1 Å². The number of fused-ring (bicyclic) bond motifs is 1. The Morgan fingerprint density at radius 3 is 2.74 bits per heavy atom. The van der Waals surface area contributed by atoms with Crippen molar-refractivity contribution in [3.63, 3.8) is 0 Å². The van der Waals surface area contributed by atoms with E-state index in [0.29, 0.717) is 12.5 Å². The van der Waals surface area contributed by atoms with Crippen LogP contribution in [0.4, 0.5) is 0 Å². The van der Waals surface area contributed by atoms with Gasteiger partial charge in [-0.3, -0.25) is 4.79 Å². The molecule has 1 N–H and O–H groups in total. The van der Waals surface area contributed by atoms with E-state index in [1.54, 1.807) is 0 Å². The largest absolute Gasteiger partial charge is 0.493 e. The van der Waals surface area contributed by atoms with Crippen molar-refractivity contribution < 1.29 is 9.53 Å². The number of amides is 1. The van der Waals surface area contributed by atoms with E-state index in [1.807, 2.05) is 31.3 Å². The predicted molar refractivity (Wildman–Crippen MR) is 94.4 cm³/mol. The van der Waals surface area contributed by atoms with E-state index < -0.39 is 0 Å². The molecule has 0 spiro atoms. The number of nitrogens with zero attached hydrogens (tertiary/aromatic N) is 1. The summed E-state index contributed by atoms with van der Waals surface area (Å²) in [5, 5.41) is 3.22. The third-order valence-electron chi connectivity index (χ3n) is 4.99. The molecule has 4 nitrogen and oxygen atoms in total. The van der Waals surface area contributed by atoms with Crippen molar-refractivity contribution in [2.75, 3.05) is 33.3 Å². The highest BCUT2D eigenvalue weighted by atomic mass is 35.5. The molecule has 2 heterocycles. The van der Waals surface area contributed by atoms with Crippen LogP contribution in [0.15, 0.2) is 24.3 Å². The van der Waals surface area contributed by atoms with Gasteiger partial charge in [-0.05, 0) is 51.3 Å². The number of carbonyl (C=O) groups excluding carboxylic acids is 1. The Bertz CT molecular complexity index is 515. The van der Waals surface area contributed by atoms with E-state index in [2.05, 4.69) is 10.2 Å². The SMILES string of the molecule is CNCCC1CCN(C(=O)C2CCOc3ccccc32)CC1.Cl. The van der Waals surface area contributed by atoms with Crippen LogP contribution >= 0.6 is 12.4 Å². The third kappa shape index (κ3) is 4.18. The van der Waals surface area contributed by atoms with E-state index in [1.165, 1.54) is 6.42 Å². The van der Waals surface area contributed by atoms with Crippen molar-refractivity contribution in [2.45, 2.75) is 31.6 Å². The molecule has 1 amide bonds. The molecule has 0 aliphatic carbocycles. The fourth-order valence-corrected chi connectivity index (χ4v) is 3.61. The van der Waals surface area contributed by atoms with Crippen LogP contribution in [0.2, 0.25) is 0 Å². The second-order valence-corrected chi connectivity index (χ2v) is 6.39. The van der Waals surface area contributed by atoms with E-state index in [4.69, 9.17) is 4.74 Å². The van der Waals surface area contributed by atoms with Gasteiger partial charge in [0.25, 0.3) is 0 Å². The van der Waals surface area contributed by atoms with Gasteiger partial charge >= 0.3 is 0 Å². The number of hydrogen-bond donors (Lipinski definition) is 1. The Labute approximate surface area is 145 Å². The lowest BCUT2D eigenvalue weighted by molar-refractivity contribution is -0.135. The van der Waals surface area contributed by atoms with Crippen molar-refractivity contribution in [2.24, 2.45) is 5.92 Å². The number of piperidine rings is 1. The summed E-state index contributed by atoms with van der Waals surface area (Å²) in [6, 6.07) is 7.98. The molecule has 1 saturated heterocycles. The van der Waals surface area contributed by atoms with Gasteiger partial charge in [0.15, 0.2) is 0 Å². The van der Waals surface area contributed by atoms with Crippen molar-refractivity contribution in [1.29, 1.82) is 0 Å². The third-order valence-corrected chi connectivity index (χ3v) is 4.99. The molecule has 0 radical (unpaired) electrons. The van der Waals surface area contributed by atoms with Crippen LogP contribution in [0.25, 0.3) is 0 Å². The highest BCUT2D eigenvalue weighted by Crippen LogP contribution is 2.35. The molecule has 2 aliphatic rings. The molecule has 5 heteroatoms. The normalized spacial score (nSPS) is 21.1. The molecule has 128 valence electrons. The number of ether oxygens (including phenoxy) is 1. The number of benzene rings is 1. The van der Waals surface area contributed by atoms with Gasteiger partial charge in [0.1, 0.15) is 5.75 Å². The second kappa shape index (κ2) is 8.55. The van der Waals surface area contributed by atoms with Crippen molar-refractivity contribution >= 4 is 18.3 Å². The fourth-order valence-electron chi connectivity index (χ4n) is 3.61. The standard InChI is InChI=1S/C18H26N2O2.ClH/c1-19-10-6-14-7-11-20(12-8-14)18(21)16-9-13-22-17-5-3-2-4-15(16)17;/h2-5,14,16,19H,6-13H2,1H3;1H. The van der Waals surface area contributed by atoms with E-state index in [-0.39, 0.29) is 18.3 Å². The van der Waals surface area contributed by atoms with Crippen molar-refractivity contribution in [3.8, 4) is 5.75 Å². The highest BCUT2D eigenvalue weighted by molar-refractivity contribution is 5.85. The summed E-state index contributed by atoms with van der Waals surface area (Å²) in [6.07, 6.45) is 4.30. The van der Waals surface area contributed by atoms with Gasteiger partial charge in [0.05, 0.1) is 12.5 Å². The summed E-state index contributed by atoms with van der Waals surface area (Å²) >= 11 is 0. The molecule has 0 bridgehead atoms. The molecule has 1 fully saturated rings. The molecule has 1 atom stereocenters. The lowest BCUT2D eigenvalue weighted by Crippen LogP contribution is -2.42. The van der Waals surface area contributed by atoms with Gasteiger partial charge < -0.3 is 15.0 Å². The number of halogens is 1. The maximum Gasteiger partial charge on any atom is 0.230 e. The molecular weight excluding hydrogens is 312 g/mol. The van der Waals surface area contributed by atoms with Crippen LogP contribution in [0, 0.1) is 5.92 Å². The van der Waals surface area contributed by atoms with Crippen LogP contribution < -0.4 is 10.1 Å². The number of nitrogens with one attached hydrogen (secondary N) is 1. The quantitative estimate of drug-likeness (QED) is 0.917. The minimum absolute atomic E-state index is 0. The summed E-state index contributed by atoms with van der Waals surface area (Å²) in [7, 11) is 2.00. The summed E-state index contributed by atoms with van der Waals surface area (Å²) in [6.45, 7) is 3.54. The predicted octanol–water partition coefficient (Wildman–Crippen LogP) is 2.82. The van der Waals surface area contributed by atoms with Crippen molar-refractivity contribution in [1.82, 2.24) is 10.2 Å². The first-order chi connectivity index (χ1) is 10.8. The zero-order chi connectivity index (χ0) is 15.4. The van der Waals surface area contributed by atoms with Gasteiger partial charge in [0, 0.05) is 18.7 Å². The molecule has 0 saturated carbocycles. The van der Waals surface area contributed by atoms with Gasteiger partial charge in [0.2, 0.25) is 5.91 Å². The molecule has 3 rings (SSSR count). The van der Waals surface area contributed by atoms with Gasteiger partial charge in [-0.2, -0.15) is 0 Å². The van der Waals surface area contributed by atoms with Crippen LogP contribution in [0.1, 0.15) is 37.2 Å². The number of rotatable bonds is 4. The van der Waals surface area contributed by atoms with Gasteiger partial charge in [-0.25, -0.2) is 0 Å². The van der Waals surface area contributed by atoms with E-state index in [0.717, 1.165) is 56.1 Å². The topological polar surface area (TPSA) is 41.6 Å². The van der Waals surface area contributed by atoms with Crippen molar-refractivity contribution in [3.05, 3.63) is 29.8 Å². The van der Waals surface area contributed by atoms with Crippen LogP contribution in [0.3, 0.4) is 0 Å². The van der Waals surface area contributed by atoms with E-state index >= 15 is 0 Å². The van der Waals surface area contributed by atoms with Crippen LogP contribution in [0.5, 0.6) is 5.75 Å². The Morgan fingerprint density at radius 2 is 2.00 bits per heavy atom. The molecule has 2 aliphatic heterocycles. The molecule has 1 aromatic carbocycles. The Morgan fingerprint density at radius 1 is 1.26 bits per heavy atom. The number of hydrogen-bond acceptors (Lipinski definition) is 3. The lowest BCUT2D eigenvalue weighted by Gasteiger charge is -2.35. The Balaban J connectivity index is 0.00000192. The van der Waals surface area contributed by atoms with Gasteiger partial charge in [-0.15, -0.1) is 12.4 Å². The maximum absolute atomic E-state index is 12.9. The Hall–Kier alpha value is -1.26. The lowest BCUT2D eigenvalue weighted by atomic mass is 9.89. The number of para-hydroxylation sites is 1. The second-order valence-electron chi connectivity index (χ2n) is 6.39. The minimum Gasteiger partial charge on any atom is -0.493 e. The average molecular weight is 339 g/mol. The fraction of sp³-hybridized carbons (Fsp3) is 0.611. The molecule has 1 aromatic rings. The first-order valence-corrected chi connectivity index (χ1v) is 8.44. The van der Waals surface area contributed by atoms with E-state index in [9.17, 15) is 4.79 Å². The first kappa shape index (κ1) is 18.1. The molecular formula is C18H27ClN2O2. The molecule has 23 heavy (non-hydrogen) atoms. The summed E-state index contributed by atoms with van der Waals surface area (Å²) in [5.74, 6) is 1.93. The highest BCUT2D eigenvalue weighted by Gasteiger charge is 2.32. The zero-order valence-corrected chi connectivity index (χ0v) is 14.6.